The fourth-order valence-electron chi connectivity index (χ4n) is 3.26. The van der Waals surface area contributed by atoms with Gasteiger partial charge in [0.25, 0.3) is 0 Å². The second-order valence-corrected chi connectivity index (χ2v) is 9.17. The number of benzene rings is 2. The molecule has 0 unspecified atom stereocenters. The number of hydrogen-bond acceptors (Lipinski definition) is 4. The molecule has 0 radical (unpaired) electrons. The van der Waals surface area contributed by atoms with Crippen LogP contribution in [0.2, 0.25) is 5.02 Å². The molecule has 1 saturated heterocycles. The van der Waals surface area contributed by atoms with Crippen LogP contribution in [0.1, 0.15) is 24.0 Å². The summed E-state index contributed by atoms with van der Waals surface area (Å²) in [5, 5.41) is 0.569. The second kappa shape index (κ2) is 8.00. The van der Waals surface area contributed by atoms with Crippen molar-refractivity contribution in [1.82, 2.24) is 4.31 Å². The third-order valence-electron chi connectivity index (χ3n) is 4.77. The van der Waals surface area contributed by atoms with Gasteiger partial charge < -0.3 is 4.74 Å². The van der Waals surface area contributed by atoms with Crippen LogP contribution in [0.4, 0.5) is 0 Å². The Kier molecular flexibility index (Phi) is 5.89. The van der Waals surface area contributed by atoms with Gasteiger partial charge in [0.05, 0.1) is 10.8 Å². The van der Waals surface area contributed by atoms with E-state index in [2.05, 4.69) is 0 Å². The van der Waals surface area contributed by atoms with Crippen molar-refractivity contribution in [3.8, 4) is 5.75 Å². The summed E-state index contributed by atoms with van der Waals surface area (Å²) in [5.74, 6) is -0.207. The van der Waals surface area contributed by atoms with E-state index in [4.69, 9.17) is 16.3 Å². The molecule has 144 valence electrons. The van der Waals surface area contributed by atoms with Crippen molar-refractivity contribution < 1.29 is 17.9 Å². The SMILES string of the molecule is Cc1ccc(S(=O)(=O)N2CCC(C(=O)Oc3ccc(Cl)cc3)CC2)c(C)c1. The molecular weight excluding hydrogens is 386 g/mol. The monoisotopic (exact) mass is 407 g/mol. The molecule has 0 aliphatic carbocycles. The summed E-state index contributed by atoms with van der Waals surface area (Å²) in [6.07, 6.45) is 0.882. The minimum Gasteiger partial charge on any atom is -0.426 e. The van der Waals surface area contributed by atoms with Gasteiger partial charge in [0.1, 0.15) is 5.75 Å². The summed E-state index contributed by atoms with van der Waals surface area (Å²) in [6, 6.07) is 11.9. The van der Waals surface area contributed by atoms with Crippen molar-refractivity contribution in [3.63, 3.8) is 0 Å². The molecular formula is C20H22ClNO4S. The van der Waals surface area contributed by atoms with Crippen molar-refractivity contribution in [1.29, 1.82) is 0 Å². The van der Waals surface area contributed by atoms with E-state index < -0.39 is 10.0 Å². The van der Waals surface area contributed by atoms with Gasteiger partial charge in [-0.2, -0.15) is 4.31 Å². The van der Waals surface area contributed by atoms with Crippen molar-refractivity contribution in [3.05, 3.63) is 58.6 Å². The maximum absolute atomic E-state index is 12.9. The number of piperidine rings is 1. The summed E-state index contributed by atoms with van der Waals surface area (Å²) in [7, 11) is -3.56. The molecule has 0 saturated carbocycles. The van der Waals surface area contributed by atoms with Crippen LogP contribution in [0.3, 0.4) is 0 Å². The fourth-order valence-corrected chi connectivity index (χ4v) is 5.06. The van der Waals surface area contributed by atoms with Gasteiger partial charge in [-0.15, -0.1) is 0 Å². The number of carbonyl (C=O) groups excluding carboxylic acids is 1. The van der Waals surface area contributed by atoms with E-state index in [1.165, 1.54) is 4.31 Å². The Balaban J connectivity index is 1.64. The molecule has 27 heavy (non-hydrogen) atoms. The van der Waals surface area contributed by atoms with Crippen molar-refractivity contribution >= 4 is 27.6 Å². The van der Waals surface area contributed by atoms with Gasteiger partial charge in [-0.1, -0.05) is 29.3 Å². The van der Waals surface area contributed by atoms with Crippen LogP contribution >= 0.6 is 11.6 Å². The summed E-state index contributed by atoms with van der Waals surface area (Å²) in [5.41, 5.74) is 1.76. The summed E-state index contributed by atoms with van der Waals surface area (Å²) < 4.78 is 32.7. The third kappa shape index (κ3) is 4.51. The Morgan fingerprint density at radius 2 is 1.70 bits per heavy atom. The molecule has 1 heterocycles. The lowest BCUT2D eigenvalue weighted by Crippen LogP contribution is -2.41. The van der Waals surface area contributed by atoms with Crippen LogP contribution in [0.5, 0.6) is 5.75 Å². The molecule has 0 atom stereocenters. The van der Waals surface area contributed by atoms with Crippen LogP contribution < -0.4 is 4.74 Å². The predicted molar refractivity (Wildman–Crippen MR) is 104 cm³/mol. The molecule has 0 amide bonds. The van der Waals surface area contributed by atoms with Crippen LogP contribution in [0.15, 0.2) is 47.4 Å². The van der Waals surface area contributed by atoms with Gasteiger partial charge in [-0.3, -0.25) is 4.79 Å². The van der Waals surface area contributed by atoms with E-state index in [9.17, 15) is 13.2 Å². The fraction of sp³-hybridized carbons (Fsp3) is 0.350. The lowest BCUT2D eigenvalue weighted by atomic mass is 9.98. The molecule has 0 bridgehead atoms. The van der Waals surface area contributed by atoms with Crippen LogP contribution in [0.25, 0.3) is 0 Å². The van der Waals surface area contributed by atoms with Crippen molar-refractivity contribution in [2.75, 3.05) is 13.1 Å². The number of halogens is 1. The first-order valence-corrected chi connectivity index (χ1v) is 10.6. The number of carbonyl (C=O) groups is 1. The van der Waals surface area contributed by atoms with Gasteiger partial charge >= 0.3 is 5.97 Å². The first-order chi connectivity index (χ1) is 12.8. The van der Waals surface area contributed by atoms with Gasteiger partial charge in [-0.25, -0.2) is 8.42 Å². The number of rotatable bonds is 4. The highest BCUT2D eigenvalue weighted by Crippen LogP contribution is 2.27. The van der Waals surface area contributed by atoms with Gasteiger partial charge in [0, 0.05) is 18.1 Å². The normalized spacial score (nSPS) is 16.3. The quantitative estimate of drug-likeness (QED) is 0.568. The minimum absolute atomic E-state index is 0.302. The van der Waals surface area contributed by atoms with Gasteiger partial charge in [0.2, 0.25) is 10.0 Å². The zero-order valence-corrected chi connectivity index (χ0v) is 16.9. The molecule has 1 aliphatic rings. The number of esters is 1. The predicted octanol–water partition coefficient (Wildman–Crippen LogP) is 3.96. The van der Waals surface area contributed by atoms with Crippen molar-refractivity contribution in [2.24, 2.45) is 5.92 Å². The lowest BCUT2D eigenvalue weighted by Gasteiger charge is -2.30. The first kappa shape index (κ1) is 19.9. The molecule has 1 aliphatic heterocycles. The van der Waals surface area contributed by atoms with Crippen LogP contribution in [0, 0.1) is 19.8 Å². The molecule has 5 nitrogen and oxygen atoms in total. The summed E-state index contributed by atoms with van der Waals surface area (Å²) in [4.78, 5) is 12.7. The standard InChI is InChI=1S/C20H22ClNO4S/c1-14-3-8-19(15(2)13-14)27(24,25)22-11-9-16(10-12-22)20(23)26-18-6-4-17(21)5-7-18/h3-8,13,16H,9-12H2,1-2H3. The van der Waals surface area contributed by atoms with E-state index in [1.807, 2.05) is 13.0 Å². The van der Waals surface area contributed by atoms with Crippen LogP contribution in [-0.2, 0) is 14.8 Å². The van der Waals surface area contributed by atoms with Crippen LogP contribution in [-0.4, -0.2) is 31.8 Å². The highest BCUT2D eigenvalue weighted by atomic mass is 35.5. The highest BCUT2D eigenvalue weighted by molar-refractivity contribution is 7.89. The molecule has 7 heteroatoms. The van der Waals surface area contributed by atoms with Gasteiger partial charge in [0.15, 0.2) is 0 Å². The average Bonchev–Trinajstić information content (AvgIpc) is 2.63. The molecule has 2 aromatic carbocycles. The number of ether oxygens (including phenoxy) is 1. The van der Waals surface area contributed by atoms with E-state index in [1.54, 1.807) is 43.3 Å². The molecule has 0 N–H and O–H groups in total. The molecule has 1 fully saturated rings. The third-order valence-corrected chi connectivity index (χ3v) is 7.08. The minimum atomic E-state index is -3.56. The Labute approximate surface area is 165 Å². The Bertz CT molecular complexity index is 933. The zero-order chi connectivity index (χ0) is 19.6. The van der Waals surface area contributed by atoms with Crippen molar-refractivity contribution in [2.45, 2.75) is 31.6 Å². The summed E-state index contributed by atoms with van der Waals surface area (Å²) >= 11 is 5.82. The Morgan fingerprint density at radius 1 is 1.07 bits per heavy atom. The molecule has 3 rings (SSSR count). The number of hydrogen-bond donors (Lipinski definition) is 0. The number of aryl methyl sites for hydroxylation is 2. The molecule has 0 spiro atoms. The highest BCUT2D eigenvalue weighted by Gasteiger charge is 2.33. The summed E-state index contributed by atoms with van der Waals surface area (Å²) in [6.45, 7) is 4.34. The maximum Gasteiger partial charge on any atom is 0.314 e. The largest absolute Gasteiger partial charge is 0.426 e. The van der Waals surface area contributed by atoms with Gasteiger partial charge in [-0.05, 0) is 62.6 Å². The van der Waals surface area contributed by atoms with E-state index in [-0.39, 0.29) is 11.9 Å². The average molecular weight is 408 g/mol. The van der Waals surface area contributed by atoms with E-state index in [0.717, 1.165) is 11.1 Å². The number of sulfonamides is 1. The molecule has 2 aromatic rings. The Hall–Kier alpha value is -1.89. The van der Waals surface area contributed by atoms with E-state index in [0.29, 0.717) is 41.6 Å². The second-order valence-electron chi connectivity index (χ2n) is 6.82. The topological polar surface area (TPSA) is 63.7 Å². The lowest BCUT2D eigenvalue weighted by molar-refractivity contribution is -0.140. The Morgan fingerprint density at radius 3 is 2.30 bits per heavy atom. The zero-order valence-electron chi connectivity index (χ0n) is 15.3. The van der Waals surface area contributed by atoms with E-state index >= 15 is 0 Å². The molecule has 0 aromatic heterocycles. The maximum atomic E-state index is 12.9. The number of nitrogens with zero attached hydrogens (tertiary/aromatic N) is 1. The first-order valence-electron chi connectivity index (χ1n) is 8.82. The smallest absolute Gasteiger partial charge is 0.314 e.